The van der Waals surface area contributed by atoms with Crippen LogP contribution in [0.2, 0.25) is 0 Å². The fourth-order valence-electron chi connectivity index (χ4n) is 3.18. The molecule has 24 heavy (non-hydrogen) atoms. The van der Waals surface area contributed by atoms with Gasteiger partial charge in [0.2, 0.25) is 0 Å². The van der Waals surface area contributed by atoms with Gasteiger partial charge in [0.1, 0.15) is 0 Å². The summed E-state index contributed by atoms with van der Waals surface area (Å²) in [7, 11) is 0. The van der Waals surface area contributed by atoms with Gasteiger partial charge in [-0.25, -0.2) is 9.97 Å². The number of nitrogens with two attached hydrogens (primary N) is 1. The average molecular weight is 313 g/mol. The minimum absolute atomic E-state index is 0.710. The normalized spacial score (nSPS) is 11.3. The molecule has 0 atom stereocenters. The van der Waals surface area contributed by atoms with E-state index in [4.69, 9.17) is 15.7 Å². The van der Waals surface area contributed by atoms with Crippen LogP contribution in [-0.4, -0.2) is 9.97 Å². The molecular weight excluding hydrogens is 294 g/mol. The molecule has 0 aliphatic heterocycles. The molecule has 0 bridgehead atoms. The van der Waals surface area contributed by atoms with Crippen LogP contribution >= 0.6 is 0 Å². The standard InChI is InChI=1S/C21H19N3/c1-12-9-16-18(10-13(12)2)24-21-19(20(16)22)14(3)11-17(23-21)15-7-5-4-6-8-15/h4-11H,1-3H3,(H2,22,23,24). The predicted molar refractivity (Wildman–Crippen MR) is 101 cm³/mol. The lowest BCUT2D eigenvalue weighted by molar-refractivity contribution is 1.29. The van der Waals surface area contributed by atoms with Crippen molar-refractivity contribution in [2.75, 3.05) is 5.73 Å². The second kappa shape index (κ2) is 5.31. The highest BCUT2D eigenvalue weighted by Gasteiger charge is 2.13. The van der Waals surface area contributed by atoms with Gasteiger partial charge in [-0.15, -0.1) is 0 Å². The molecule has 2 aromatic heterocycles. The fraction of sp³-hybridized carbons (Fsp3) is 0.143. The molecule has 0 radical (unpaired) electrons. The van der Waals surface area contributed by atoms with Crippen LogP contribution in [0.5, 0.6) is 0 Å². The van der Waals surface area contributed by atoms with E-state index >= 15 is 0 Å². The fourth-order valence-corrected chi connectivity index (χ4v) is 3.18. The average Bonchev–Trinajstić information content (AvgIpc) is 2.57. The highest BCUT2D eigenvalue weighted by Crippen LogP contribution is 2.33. The number of benzene rings is 2. The summed E-state index contributed by atoms with van der Waals surface area (Å²) >= 11 is 0. The number of nitrogen functional groups attached to an aromatic ring is 1. The molecule has 3 heteroatoms. The topological polar surface area (TPSA) is 51.8 Å². The van der Waals surface area contributed by atoms with Crippen molar-refractivity contribution in [1.29, 1.82) is 0 Å². The van der Waals surface area contributed by atoms with Crippen LogP contribution in [0, 0.1) is 20.8 Å². The molecule has 2 aromatic carbocycles. The molecule has 0 amide bonds. The Kier molecular flexibility index (Phi) is 3.24. The van der Waals surface area contributed by atoms with Crippen molar-refractivity contribution in [1.82, 2.24) is 9.97 Å². The Hall–Kier alpha value is -2.94. The lowest BCUT2D eigenvalue weighted by Crippen LogP contribution is -1.99. The highest BCUT2D eigenvalue weighted by molar-refractivity contribution is 6.07. The second-order valence-corrected chi connectivity index (χ2v) is 6.37. The predicted octanol–water partition coefficient (Wildman–Crippen LogP) is 4.96. The zero-order valence-electron chi connectivity index (χ0n) is 14.1. The largest absolute Gasteiger partial charge is 0.398 e. The number of fused-ring (bicyclic) bond motifs is 2. The summed E-state index contributed by atoms with van der Waals surface area (Å²) in [5.74, 6) is 0. The number of aryl methyl sites for hydroxylation is 3. The van der Waals surface area contributed by atoms with E-state index in [1.54, 1.807) is 0 Å². The van der Waals surface area contributed by atoms with E-state index in [-0.39, 0.29) is 0 Å². The van der Waals surface area contributed by atoms with Crippen LogP contribution in [0.15, 0.2) is 48.5 Å². The lowest BCUT2D eigenvalue weighted by Gasteiger charge is -2.12. The van der Waals surface area contributed by atoms with E-state index < -0.39 is 0 Å². The zero-order chi connectivity index (χ0) is 16.8. The Labute approximate surface area is 141 Å². The van der Waals surface area contributed by atoms with E-state index in [0.29, 0.717) is 5.65 Å². The number of nitrogens with zero attached hydrogens (tertiary/aromatic N) is 2. The van der Waals surface area contributed by atoms with Crippen LogP contribution in [0.4, 0.5) is 5.69 Å². The van der Waals surface area contributed by atoms with Crippen LogP contribution in [-0.2, 0) is 0 Å². The summed E-state index contributed by atoms with van der Waals surface area (Å²) in [5.41, 5.74) is 14.4. The van der Waals surface area contributed by atoms with Gasteiger partial charge in [-0.3, -0.25) is 0 Å². The Balaban J connectivity index is 2.08. The maximum absolute atomic E-state index is 6.48. The van der Waals surface area contributed by atoms with Gasteiger partial charge in [-0.05, 0) is 55.7 Å². The molecule has 2 N–H and O–H groups in total. The molecule has 0 unspecified atom stereocenters. The Morgan fingerprint density at radius 2 is 1.50 bits per heavy atom. The molecule has 4 rings (SSSR count). The van der Waals surface area contributed by atoms with Gasteiger partial charge in [0, 0.05) is 16.3 Å². The minimum Gasteiger partial charge on any atom is -0.398 e. The molecular formula is C21H19N3. The maximum atomic E-state index is 6.48. The first-order valence-corrected chi connectivity index (χ1v) is 8.08. The van der Waals surface area contributed by atoms with Gasteiger partial charge in [0.05, 0.1) is 16.9 Å². The zero-order valence-corrected chi connectivity index (χ0v) is 14.1. The maximum Gasteiger partial charge on any atom is 0.162 e. The molecule has 0 spiro atoms. The summed E-state index contributed by atoms with van der Waals surface area (Å²) in [5, 5.41) is 1.95. The molecule has 3 nitrogen and oxygen atoms in total. The number of aromatic nitrogens is 2. The van der Waals surface area contributed by atoms with Crippen molar-refractivity contribution in [3.8, 4) is 11.3 Å². The number of rotatable bonds is 1. The Bertz CT molecular complexity index is 1080. The second-order valence-electron chi connectivity index (χ2n) is 6.37. The van der Waals surface area contributed by atoms with Gasteiger partial charge in [-0.1, -0.05) is 30.3 Å². The summed E-state index contributed by atoms with van der Waals surface area (Å²) in [4.78, 5) is 9.57. The molecule has 118 valence electrons. The SMILES string of the molecule is Cc1cc2nc3nc(-c4ccccc4)cc(C)c3c(N)c2cc1C. The van der Waals surface area contributed by atoms with Crippen molar-refractivity contribution in [2.45, 2.75) is 20.8 Å². The first-order chi connectivity index (χ1) is 11.5. The van der Waals surface area contributed by atoms with Gasteiger partial charge in [0.25, 0.3) is 0 Å². The lowest BCUT2D eigenvalue weighted by atomic mass is 10.0. The van der Waals surface area contributed by atoms with Gasteiger partial charge >= 0.3 is 0 Å². The third kappa shape index (κ3) is 2.21. The first-order valence-electron chi connectivity index (χ1n) is 8.08. The van der Waals surface area contributed by atoms with E-state index in [9.17, 15) is 0 Å². The molecule has 0 saturated heterocycles. The minimum atomic E-state index is 0.710. The van der Waals surface area contributed by atoms with Crippen LogP contribution < -0.4 is 5.73 Å². The molecule has 0 fully saturated rings. The van der Waals surface area contributed by atoms with Crippen molar-refractivity contribution in [3.63, 3.8) is 0 Å². The summed E-state index contributed by atoms with van der Waals surface area (Å²) in [6.07, 6.45) is 0. The van der Waals surface area contributed by atoms with Crippen LogP contribution in [0.1, 0.15) is 16.7 Å². The molecule has 0 saturated carbocycles. The number of hydrogen-bond donors (Lipinski definition) is 1. The number of anilines is 1. The summed E-state index contributed by atoms with van der Waals surface area (Å²) in [6.45, 7) is 6.26. The van der Waals surface area contributed by atoms with E-state index in [1.165, 1.54) is 11.1 Å². The van der Waals surface area contributed by atoms with Gasteiger partial charge < -0.3 is 5.73 Å². The van der Waals surface area contributed by atoms with E-state index in [2.05, 4.69) is 51.1 Å². The third-order valence-corrected chi connectivity index (χ3v) is 4.66. The Morgan fingerprint density at radius 1 is 0.792 bits per heavy atom. The molecule has 4 aromatic rings. The van der Waals surface area contributed by atoms with Crippen molar-refractivity contribution in [3.05, 3.63) is 65.2 Å². The smallest absolute Gasteiger partial charge is 0.162 e. The first kappa shape index (κ1) is 14.6. The van der Waals surface area contributed by atoms with Crippen molar-refractivity contribution in [2.24, 2.45) is 0 Å². The number of pyridine rings is 2. The van der Waals surface area contributed by atoms with E-state index in [1.807, 2.05) is 18.2 Å². The Morgan fingerprint density at radius 3 is 2.25 bits per heavy atom. The van der Waals surface area contributed by atoms with Crippen molar-refractivity contribution >= 4 is 27.6 Å². The van der Waals surface area contributed by atoms with Gasteiger partial charge in [-0.2, -0.15) is 0 Å². The monoisotopic (exact) mass is 313 g/mol. The summed E-state index contributed by atoms with van der Waals surface area (Å²) in [6, 6.07) is 16.5. The highest BCUT2D eigenvalue weighted by atomic mass is 14.9. The van der Waals surface area contributed by atoms with Crippen LogP contribution in [0.25, 0.3) is 33.2 Å². The van der Waals surface area contributed by atoms with E-state index in [0.717, 1.165) is 38.8 Å². The van der Waals surface area contributed by atoms with Crippen molar-refractivity contribution < 1.29 is 0 Å². The third-order valence-electron chi connectivity index (χ3n) is 4.66. The van der Waals surface area contributed by atoms with Crippen LogP contribution in [0.3, 0.4) is 0 Å². The number of hydrogen-bond acceptors (Lipinski definition) is 3. The summed E-state index contributed by atoms with van der Waals surface area (Å²) < 4.78 is 0. The molecule has 0 aliphatic rings. The molecule has 0 aliphatic carbocycles. The van der Waals surface area contributed by atoms with Gasteiger partial charge in [0.15, 0.2) is 5.65 Å². The quantitative estimate of drug-likeness (QED) is 0.505. The molecule has 2 heterocycles.